The second kappa shape index (κ2) is 9.72. The Hall–Kier alpha value is -1.63. The van der Waals surface area contributed by atoms with Crippen molar-refractivity contribution in [2.24, 2.45) is 10.4 Å². The van der Waals surface area contributed by atoms with E-state index in [4.69, 9.17) is 4.74 Å². The average Bonchev–Trinajstić information content (AvgIpc) is 3.45. The summed E-state index contributed by atoms with van der Waals surface area (Å²) in [5, 5.41) is 17.6. The van der Waals surface area contributed by atoms with Gasteiger partial charge in [0.15, 0.2) is 5.96 Å². The molecule has 1 aromatic carbocycles. The number of aliphatic hydroxyl groups is 1. The highest BCUT2D eigenvalue weighted by molar-refractivity contribution is 5.79. The number of ether oxygens (including phenoxy) is 1. The molecule has 1 aliphatic heterocycles. The fourth-order valence-electron chi connectivity index (χ4n) is 3.78. The molecular weight excluding hydrogens is 352 g/mol. The fraction of sp³-hybridized carbons (Fsp3) is 0.682. The Kier molecular flexibility index (Phi) is 7.32. The number of morpholine rings is 1. The van der Waals surface area contributed by atoms with Crippen LogP contribution in [0.15, 0.2) is 35.3 Å². The SMILES string of the molecule is CCNC(=NCC(C)(O)CN1CCOCC1)NCC1(Cc2ccccc2)CC1. The summed E-state index contributed by atoms with van der Waals surface area (Å²) in [5.41, 5.74) is 0.895. The topological polar surface area (TPSA) is 69.1 Å². The number of aliphatic imine (C=N–C) groups is 1. The zero-order chi connectivity index (χ0) is 19.9. The lowest BCUT2D eigenvalue weighted by Gasteiger charge is -2.33. The highest BCUT2D eigenvalue weighted by Gasteiger charge is 2.42. The van der Waals surface area contributed by atoms with Crippen LogP contribution < -0.4 is 10.6 Å². The van der Waals surface area contributed by atoms with Gasteiger partial charge in [-0.25, -0.2) is 0 Å². The molecule has 0 aromatic heterocycles. The molecule has 1 unspecified atom stereocenters. The predicted molar refractivity (Wildman–Crippen MR) is 114 cm³/mol. The van der Waals surface area contributed by atoms with Crippen LogP contribution in [0.5, 0.6) is 0 Å². The summed E-state index contributed by atoms with van der Waals surface area (Å²) in [6.45, 7) is 9.90. The molecule has 156 valence electrons. The Morgan fingerprint density at radius 3 is 2.57 bits per heavy atom. The molecule has 0 spiro atoms. The van der Waals surface area contributed by atoms with Gasteiger partial charge in [-0.05, 0) is 44.1 Å². The van der Waals surface area contributed by atoms with Gasteiger partial charge in [-0.2, -0.15) is 0 Å². The molecule has 1 heterocycles. The Morgan fingerprint density at radius 2 is 1.93 bits per heavy atom. The molecule has 1 saturated heterocycles. The maximum atomic E-state index is 10.8. The Labute approximate surface area is 169 Å². The molecule has 3 rings (SSSR count). The van der Waals surface area contributed by atoms with Gasteiger partial charge in [-0.3, -0.25) is 9.89 Å². The lowest BCUT2D eigenvalue weighted by molar-refractivity contribution is -0.0180. The Balaban J connectivity index is 1.50. The van der Waals surface area contributed by atoms with Gasteiger partial charge in [0.05, 0.1) is 25.4 Å². The maximum absolute atomic E-state index is 10.8. The highest BCUT2D eigenvalue weighted by Crippen LogP contribution is 2.47. The number of rotatable bonds is 9. The summed E-state index contributed by atoms with van der Waals surface area (Å²) in [5.74, 6) is 0.795. The van der Waals surface area contributed by atoms with Crippen molar-refractivity contribution in [1.82, 2.24) is 15.5 Å². The average molecular weight is 389 g/mol. The summed E-state index contributed by atoms with van der Waals surface area (Å²) < 4.78 is 5.39. The molecule has 0 amide bonds. The second-order valence-electron chi connectivity index (χ2n) is 8.60. The zero-order valence-corrected chi connectivity index (χ0v) is 17.4. The van der Waals surface area contributed by atoms with E-state index in [1.165, 1.54) is 18.4 Å². The Bertz CT molecular complexity index is 623. The number of nitrogens with one attached hydrogen (secondary N) is 2. The van der Waals surface area contributed by atoms with Gasteiger partial charge in [0.25, 0.3) is 0 Å². The van der Waals surface area contributed by atoms with Crippen molar-refractivity contribution in [2.45, 2.75) is 38.7 Å². The van der Waals surface area contributed by atoms with Gasteiger partial charge < -0.3 is 20.5 Å². The third kappa shape index (κ3) is 6.76. The molecule has 2 fully saturated rings. The first-order valence-corrected chi connectivity index (χ1v) is 10.6. The smallest absolute Gasteiger partial charge is 0.191 e. The number of benzene rings is 1. The van der Waals surface area contributed by atoms with E-state index in [2.05, 4.69) is 57.8 Å². The van der Waals surface area contributed by atoms with Crippen molar-refractivity contribution in [2.75, 3.05) is 52.5 Å². The fourth-order valence-corrected chi connectivity index (χ4v) is 3.78. The molecule has 0 bridgehead atoms. The summed E-state index contributed by atoms with van der Waals surface area (Å²) in [4.78, 5) is 6.92. The van der Waals surface area contributed by atoms with E-state index in [9.17, 15) is 5.11 Å². The summed E-state index contributed by atoms with van der Waals surface area (Å²) in [6, 6.07) is 10.7. The third-order valence-corrected chi connectivity index (χ3v) is 5.60. The van der Waals surface area contributed by atoms with Gasteiger partial charge in [-0.1, -0.05) is 30.3 Å². The largest absolute Gasteiger partial charge is 0.387 e. The lowest BCUT2D eigenvalue weighted by Crippen LogP contribution is -2.48. The number of hydrogen-bond acceptors (Lipinski definition) is 4. The standard InChI is InChI=1S/C22H36N4O2/c1-3-23-20(24-16-21(2,27)18-26-11-13-28-14-12-26)25-17-22(9-10-22)15-19-7-5-4-6-8-19/h4-8,27H,3,9-18H2,1-2H3,(H2,23,24,25). The molecule has 0 radical (unpaired) electrons. The van der Waals surface area contributed by atoms with E-state index in [0.29, 0.717) is 18.5 Å². The van der Waals surface area contributed by atoms with Crippen molar-refractivity contribution >= 4 is 5.96 Å². The van der Waals surface area contributed by atoms with Gasteiger partial charge in [0, 0.05) is 32.7 Å². The van der Waals surface area contributed by atoms with E-state index in [1.54, 1.807) is 0 Å². The summed E-state index contributed by atoms with van der Waals surface area (Å²) >= 11 is 0. The first-order chi connectivity index (χ1) is 13.5. The number of β-amino-alcohol motifs (C(OH)–C–C–N with tert-alkyl or cyclic N) is 1. The Morgan fingerprint density at radius 1 is 1.21 bits per heavy atom. The van der Waals surface area contributed by atoms with E-state index < -0.39 is 5.60 Å². The molecule has 2 aliphatic rings. The number of hydrogen-bond donors (Lipinski definition) is 3. The molecule has 28 heavy (non-hydrogen) atoms. The molecule has 6 heteroatoms. The van der Waals surface area contributed by atoms with Crippen molar-refractivity contribution in [3.05, 3.63) is 35.9 Å². The first-order valence-electron chi connectivity index (χ1n) is 10.6. The van der Waals surface area contributed by atoms with Crippen LogP contribution in [0.1, 0.15) is 32.3 Å². The summed E-state index contributed by atoms with van der Waals surface area (Å²) in [6.07, 6.45) is 3.61. The van der Waals surface area contributed by atoms with Crippen molar-refractivity contribution < 1.29 is 9.84 Å². The molecule has 3 N–H and O–H groups in total. The van der Waals surface area contributed by atoms with Crippen LogP contribution in [0.25, 0.3) is 0 Å². The molecule has 1 aromatic rings. The van der Waals surface area contributed by atoms with Crippen molar-refractivity contribution in [3.63, 3.8) is 0 Å². The van der Waals surface area contributed by atoms with E-state index in [1.807, 2.05) is 6.92 Å². The summed E-state index contributed by atoms with van der Waals surface area (Å²) in [7, 11) is 0. The minimum absolute atomic E-state index is 0.341. The molecular formula is C22H36N4O2. The zero-order valence-electron chi connectivity index (χ0n) is 17.4. The van der Waals surface area contributed by atoms with Gasteiger partial charge >= 0.3 is 0 Å². The van der Waals surface area contributed by atoms with Crippen LogP contribution in [0.3, 0.4) is 0 Å². The monoisotopic (exact) mass is 388 g/mol. The second-order valence-corrected chi connectivity index (χ2v) is 8.60. The van der Waals surface area contributed by atoms with Gasteiger partial charge in [0.1, 0.15) is 0 Å². The molecule has 1 aliphatic carbocycles. The molecule has 1 atom stereocenters. The van der Waals surface area contributed by atoms with Crippen LogP contribution in [0.4, 0.5) is 0 Å². The number of nitrogens with zero attached hydrogens (tertiary/aromatic N) is 2. The molecule has 1 saturated carbocycles. The van der Waals surface area contributed by atoms with Crippen molar-refractivity contribution in [3.8, 4) is 0 Å². The van der Waals surface area contributed by atoms with Crippen LogP contribution in [-0.4, -0.2) is 74.0 Å². The first kappa shape index (κ1) is 21.1. The van der Waals surface area contributed by atoms with Crippen LogP contribution in [0, 0.1) is 5.41 Å². The van der Waals surface area contributed by atoms with Crippen LogP contribution in [-0.2, 0) is 11.2 Å². The van der Waals surface area contributed by atoms with E-state index >= 15 is 0 Å². The highest BCUT2D eigenvalue weighted by atomic mass is 16.5. The van der Waals surface area contributed by atoms with E-state index in [0.717, 1.165) is 51.8 Å². The maximum Gasteiger partial charge on any atom is 0.191 e. The minimum Gasteiger partial charge on any atom is -0.387 e. The quantitative estimate of drug-likeness (QED) is 0.443. The predicted octanol–water partition coefficient (Wildman–Crippen LogP) is 1.65. The van der Waals surface area contributed by atoms with Crippen LogP contribution >= 0.6 is 0 Å². The van der Waals surface area contributed by atoms with E-state index in [-0.39, 0.29) is 0 Å². The minimum atomic E-state index is -0.846. The number of guanidine groups is 1. The van der Waals surface area contributed by atoms with Crippen molar-refractivity contribution in [1.29, 1.82) is 0 Å². The van der Waals surface area contributed by atoms with Crippen LogP contribution in [0.2, 0.25) is 0 Å². The van der Waals surface area contributed by atoms with Gasteiger partial charge in [-0.15, -0.1) is 0 Å². The lowest BCUT2D eigenvalue weighted by atomic mass is 9.96. The molecule has 6 nitrogen and oxygen atoms in total. The third-order valence-electron chi connectivity index (χ3n) is 5.60. The normalized spacial score (nSPS) is 21.8. The van der Waals surface area contributed by atoms with Gasteiger partial charge in [0.2, 0.25) is 0 Å².